The van der Waals surface area contributed by atoms with Crippen LogP contribution in [0.3, 0.4) is 0 Å². The van der Waals surface area contributed by atoms with Crippen molar-refractivity contribution in [2.75, 3.05) is 11.4 Å². The summed E-state index contributed by atoms with van der Waals surface area (Å²) >= 11 is 6.28. The van der Waals surface area contributed by atoms with Crippen LogP contribution in [-0.4, -0.2) is 17.6 Å². The third-order valence-corrected chi connectivity index (χ3v) is 4.41. The lowest BCUT2D eigenvalue weighted by Gasteiger charge is -2.27. The van der Waals surface area contributed by atoms with E-state index in [4.69, 9.17) is 11.6 Å². The van der Waals surface area contributed by atoms with Gasteiger partial charge in [0.05, 0.1) is 5.02 Å². The van der Waals surface area contributed by atoms with Crippen LogP contribution >= 0.6 is 11.6 Å². The molecule has 1 unspecified atom stereocenters. The second kappa shape index (κ2) is 6.46. The first-order chi connectivity index (χ1) is 10.3. The Morgan fingerprint density at radius 1 is 1.33 bits per heavy atom. The first-order valence-electron chi connectivity index (χ1n) is 7.42. The number of nitrogens with zero attached hydrogens (tertiary/aromatic N) is 2. The minimum absolute atomic E-state index is 0.498. The van der Waals surface area contributed by atoms with Crippen LogP contribution in [0.25, 0.3) is 0 Å². The third kappa shape index (κ3) is 3.20. The van der Waals surface area contributed by atoms with E-state index in [-0.39, 0.29) is 0 Å². The molecule has 1 aromatic carbocycles. The smallest absolute Gasteiger partial charge is 0.0639 e. The van der Waals surface area contributed by atoms with Gasteiger partial charge in [-0.3, -0.25) is 4.98 Å². The number of hydrogen-bond donors (Lipinski definition) is 1. The second-order valence-electron chi connectivity index (χ2n) is 5.46. The summed E-state index contributed by atoms with van der Waals surface area (Å²) in [6.07, 6.45) is 4.64. The summed E-state index contributed by atoms with van der Waals surface area (Å²) in [5.41, 5.74) is 3.77. The molecule has 1 aliphatic heterocycles. The van der Waals surface area contributed by atoms with Crippen molar-refractivity contribution < 1.29 is 0 Å². The molecule has 1 aromatic heterocycles. The molecule has 0 amide bonds. The summed E-state index contributed by atoms with van der Waals surface area (Å²) in [5, 5.41) is 4.37. The minimum Gasteiger partial charge on any atom is -0.365 e. The van der Waals surface area contributed by atoms with Crippen molar-refractivity contribution in [3.63, 3.8) is 0 Å². The van der Waals surface area contributed by atoms with Gasteiger partial charge in [0.25, 0.3) is 0 Å². The van der Waals surface area contributed by atoms with Gasteiger partial charge in [-0.25, -0.2) is 0 Å². The molecular weight excluding hydrogens is 282 g/mol. The molecule has 1 atom stereocenters. The maximum absolute atomic E-state index is 6.28. The van der Waals surface area contributed by atoms with Gasteiger partial charge in [-0.15, -0.1) is 0 Å². The molecule has 4 heteroatoms. The molecule has 3 rings (SSSR count). The molecule has 1 aliphatic rings. The van der Waals surface area contributed by atoms with Gasteiger partial charge in [-0.2, -0.15) is 0 Å². The summed E-state index contributed by atoms with van der Waals surface area (Å²) in [5.74, 6) is 0. The number of hydrogen-bond acceptors (Lipinski definition) is 3. The summed E-state index contributed by atoms with van der Waals surface area (Å²) in [6.45, 7) is 4.96. The molecule has 2 heterocycles. The van der Waals surface area contributed by atoms with E-state index in [1.165, 1.54) is 11.3 Å². The lowest BCUT2D eigenvalue weighted by molar-refractivity contribution is 0.502. The molecule has 0 aliphatic carbocycles. The molecule has 0 spiro atoms. The van der Waals surface area contributed by atoms with Gasteiger partial charge in [0.1, 0.15) is 0 Å². The van der Waals surface area contributed by atoms with E-state index in [2.05, 4.69) is 46.4 Å². The zero-order chi connectivity index (χ0) is 14.7. The lowest BCUT2D eigenvalue weighted by atomic mass is 10.1. The van der Waals surface area contributed by atoms with Gasteiger partial charge in [0, 0.05) is 43.8 Å². The maximum Gasteiger partial charge on any atom is 0.0639 e. The zero-order valence-electron chi connectivity index (χ0n) is 12.2. The number of rotatable bonds is 3. The van der Waals surface area contributed by atoms with Crippen LogP contribution in [-0.2, 0) is 13.1 Å². The van der Waals surface area contributed by atoms with E-state index in [0.29, 0.717) is 6.04 Å². The van der Waals surface area contributed by atoms with Crippen molar-refractivity contribution in [1.82, 2.24) is 10.3 Å². The average Bonchev–Trinajstić information content (AvgIpc) is 2.69. The number of nitrogens with one attached hydrogen (secondary N) is 1. The van der Waals surface area contributed by atoms with Gasteiger partial charge in [-0.1, -0.05) is 36.7 Å². The predicted octanol–water partition coefficient (Wildman–Crippen LogP) is 3.62. The van der Waals surface area contributed by atoms with Gasteiger partial charge in [0.15, 0.2) is 0 Å². The van der Waals surface area contributed by atoms with E-state index < -0.39 is 0 Å². The van der Waals surface area contributed by atoms with Crippen molar-refractivity contribution >= 4 is 17.3 Å². The van der Waals surface area contributed by atoms with Gasteiger partial charge in [0.2, 0.25) is 0 Å². The highest BCUT2D eigenvalue weighted by Crippen LogP contribution is 2.27. The molecule has 0 fully saturated rings. The van der Waals surface area contributed by atoms with E-state index in [0.717, 1.165) is 36.6 Å². The number of benzene rings is 1. The van der Waals surface area contributed by atoms with Crippen LogP contribution in [0.5, 0.6) is 0 Å². The molecule has 3 nitrogen and oxygen atoms in total. The SMILES string of the molecule is CCC1CN(Cc2ccncc2Cl)c2ccccc2CN1. The Kier molecular flexibility index (Phi) is 4.42. The first kappa shape index (κ1) is 14.4. The fourth-order valence-corrected chi connectivity index (χ4v) is 2.99. The molecule has 110 valence electrons. The van der Waals surface area contributed by atoms with Crippen LogP contribution < -0.4 is 10.2 Å². The number of fused-ring (bicyclic) bond motifs is 1. The Hall–Kier alpha value is -1.58. The highest BCUT2D eigenvalue weighted by molar-refractivity contribution is 6.31. The van der Waals surface area contributed by atoms with Crippen molar-refractivity contribution in [3.8, 4) is 0 Å². The monoisotopic (exact) mass is 301 g/mol. The molecule has 0 saturated carbocycles. The number of anilines is 1. The van der Waals surface area contributed by atoms with Crippen LogP contribution in [0.2, 0.25) is 5.02 Å². The number of pyridine rings is 1. The van der Waals surface area contributed by atoms with Crippen LogP contribution in [0.4, 0.5) is 5.69 Å². The Labute approximate surface area is 131 Å². The highest BCUT2D eigenvalue weighted by Gasteiger charge is 2.20. The van der Waals surface area contributed by atoms with Crippen molar-refractivity contribution in [1.29, 1.82) is 0 Å². The zero-order valence-corrected chi connectivity index (χ0v) is 13.0. The quantitative estimate of drug-likeness (QED) is 0.938. The van der Waals surface area contributed by atoms with E-state index in [1.54, 1.807) is 12.4 Å². The Bertz CT molecular complexity index is 614. The summed E-state index contributed by atoms with van der Waals surface area (Å²) < 4.78 is 0. The normalized spacial score (nSPS) is 18.2. The molecule has 0 bridgehead atoms. The number of aromatic nitrogens is 1. The Morgan fingerprint density at radius 2 is 2.19 bits per heavy atom. The molecule has 0 radical (unpaired) electrons. The summed E-state index contributed by atoms with van der Waals surface area (Å²) in [7, 11) is 0. The first-order valence-corrected chi connectivity index (χ1v) is 7.80. The molecule has 2 aromatic rings. The Morgan fingerprint density at radius 3 is 3.00 bits per heavy atom. The fraction of sp³-hybridized carbons (Fsp3) is 0.353. The lowest BCUT2D eigenvalue weighted by Crippen LogP contribution is -2.37. The van der Waals surface area contributed by atoms with E-state index in [1.807, 2.05) is 6.07 Å². The van der Waals surface area contributed by atoms with Gasteiger partial charge < -0.3 is 10.2 Å². The molecule has 21 heavy (non-hydrogen) atoms. The van der Waals surface area contributed by atoms with Crippen LogP contribution in [0, 0.1) is 0 Å². The summed E-state index contributed by atoms with van der Waals surface area (Å²) in [6, 6.07) is 11.1. The van der Waals surface area contributed by atoms with E-state index >= 15 is 0 Å². The van der Waals surface area contributed by atoms with Crippen molar-refractivity contribution in [2.24, 2.45) is 0 Å². The number of para-hydroxylation sites is 1. The third-order valence-electron chi connectivity index (χ3n) is 4.06. The molecule has 0 saturated heterocycles. The predicted molar refractivity (Wildman–Crippen MR) is 87.7 cm³/mol. The van der Waals surface area contributed by atoms with Crippen LogP contribution in [0.1, 0.15) is 24.5 Å². The largest absolute Gasteiger partial charge is 0.365 e. The van der Waals surface area contributed by atoms with Crippen molar-refractivity contribution in [3.05, 3.63) is 58.9 Å². The average molecular weight is 302 g/mol. The fourth-order valence-electron chi connectivity index (χ4n) is 2.81. The molecule has 1 N–H and O–H groups in total. The summed E-state index contributed by atoms with van der Waals surface area (Å²) in [4.78, 5) is 6.49. The van der Waals surface area contributed by atoms with Crippen LogP contribution in [0.15, 0.2) is 42.7 Å². The Balaban J connectivity index is 1.92. The van der Waals surface area contributed by atoms with Gasteiger partial charge >= 0.3 is 0 Å². The second-order valence-corrected chi connectivity index (χ2v) is 5.87. The van der Waals surface area contributed by atoms with Gasteiger partial charge in [-0.05, 0) is 29.7 Å². The highest BCUT2D eigenvalue weighted by atomic mass is 35.5. The minimum atomic E-state index is 0.498. The van der Waals surface area contributed by atoms with Crippen molar-refractivity contribution in [2.45, 2.75) is 32.5 Å². The standard InChI is InChI=1S/C17H20ClN3/c1-2-15-12-21(11-14-7-8-19-10-16(14)18)17-6-4-3-5-13(17)9-20-15/h3-8,10,15,20H,2,9,11-12H2,1H3. The maximum atomic E-state index is 6.28. The topological polar surface area (TPSA) is 28.2 Å². The van der Waals surface area contributed by atoms with E-state index in [9.17, 15) is 0 Å². The number of halogens is 1. The molecular formula is C17H20ClN3.